The summed E-state index contributed by atoms with van der Waals surface area (Å²) in [5.41, 5.74) is 7.78. The molecular formula is C15H15N3O. The highest BCUT2D eigenvalue weighted by atomic mass is 16.5. The van der Waals surface area contributed by atoms with Gasteiger partial charge in [0, 0.05) is 5.56 Å². The maximum Gasteiger partial charge on any atom is 0.142 e. The van der Waals surface area contributed by atoms with E-state index >= 15 is 0 Å². The van der Waals surface area contributed by atoms with E-state index in [1.807, 2.05) is 44.2 Å². The summed E-state index contributed by atoms with van der Waals surface area (Å²) in [6, 6.07) is 13.1. The molecule has 19 heavy (non-hydrogen) atoms. The van der Waals surface area contributed by atoms with Crippen LogP contribution < -0.4 is 10.5 Å². The second-order valence-electron chi connectivity index (χ2n) is 4.43. The van der Waals surface area contributed by atoms with Crippen molar-refractivity contribution in [2.75, 3.05) is 5.73 Å². The van der Waals surface area contributed by atoms with Crippen LogP contribution in [0.3, 0.4) is 0 Å². The van der Waals surface area contributed by atoms with Crippen molar-refractivity contribution in [2.24, 2.45) is 0 Å². The highest BCUT2D eigenvalue weighted by molar-refractivity contribution is 5.64. The van der Waals surface area contributed by atoms with Crippen LogP contribution in [0.25, 0.3) is 11.3 Å². The van der Waals surface area contributed by atoms with Crippen molar-refractivity contribution in [2.45, 2.75) is 20.0 Å². The summed E-state index contributed by atoms with van der Waals surface area (Å²) < 4.78 is 5.58. The maximum atomic E-state index is 8.81. The summed E-state index contributed by atoms with van der Waals surface area (Å²) in [5, 5.41) is 8.81. The molecule has 96 valence electrons. The number of hydrogen-bond donors (Lipinski definition) is 1. The molecule has 0 radical (unpaired) electrons. The van der Waals surface area contributed by atoms with E-state index in [2.05, 4.69) is 4.98 Å². The first kappa shape index (κ1) is 12.9. The molecule has 0 aliphatic rings. The van der Waals surface area contributed by atoms with Crippen LogP contribution in [0.2, 0.25) is 0 Å². The van der Waals surface area contributed by atoms with E-state index in [4.69, 9.17) is 15.7 Å². The number of benzene rings is 1. The molecular weight excluding hydrogens is 238 g/mol. The van der Waals surface area contributed by atoms with Crippen LogP contribution in [0.15, 0.2) is 36.4 Å². The summed E-state index contributed by atoms with van der Waals surface area (Å²) in [6.45, 7) is 3.97. The number of pyridine rings is 1. The number of anilines is 1. The number of nitriles is 1. The average molecular weight is 253 g/mol. The molecule has 0 aliphatic carbocycles. The normalized spacial score (nSPS) is 10.2. The summed E-state index contributed by atoms with van der Waals surface area (Å²) >= 11 is 0. The minimum Gasteiger partial charge on any atom is -0.491 e. The van der Waals surface area contributed by atoms with Gasteiger partial charge in [0.15, 0.2) is 0 Å². The highest BCUT2D eigenvalue weighted by Gasteiger charge is 2.05. The van der Waals surface area contributed by atoms with Gasteiger partial charge in [-0.05, 0) is 50.2 Å². The number of nitrogens with two attached hydrogens (primary N) is 1. The SMILES string of the molecule is CC(C)Oc1ccc(-c2ccc(C#N)c(N)n2)cc1. The molecule has 1 aromatic heterocycles. The Morgan fingerprint density at radius 2 is 1.84 bits per heavy atom. The van der Waals surface area contributed by atoms with Gasteiger partial charge in [0.05, 0.1) is 17.4 Å². The molecule has 4 nitrogen and oxygen atoms in total. The van der Waals surface area contributed by atoms with E-state index in [1.54, 1.807) is 12.1 Å². The molecule has 2 N–H and O–H groups in total. The monoisotopic (exact) mass is 253 g/mol. The van der Waals surface area contributed by atoms with Gasteiger partial charge < -0.3 is 10.5 Å². The van der Waals surface area contributed by atoms with Crippen molar-refractivity contribution in [3.05, 3.63) is 42.0 Å². The zero-order valence-corrected chi connectivity index (χ0v) is 10.9. The molecule has 0 saturated heterocycles. The van der Waals surface area contributed by atoms with Gasteiger partial charge in [-0.1, -0.05) is 0 Å². The van der Waals surface area contributed by atoms with E-state index in [0.29, 0.717) is 5.56 Å². The van der Waals surface area contributed by atoms with Gasteiger partial charge in [-0.25, -0.2) is 4.98 Å². The molecule has 0 unspecified atom stereocenters. The number of aromatic nitrogens is 1. The minimum absolute atomic E-state index is 0.148. The number of rotatable bonds is 3. The molecule has 1 heterocycles. The van der Waals surface area contributed by atoms with Crippen LogP contribution in [0.5, 0.6) is 5.75 Å². The van der Waals surface area contributed by atoms with Crippen LogP contribution in [-0.2, 0) is 0 Å². The Balaban J connectivity index is 2.27. The predicted octanol–water partition coefficient (Wildman–Crippen LogP) is 2.99. The molecule has 0 amide bonds. The van der Waals surface area contributed by atoms with E-state index in [-0.39, 0.29) is 11.9 Å². The zero-order valence-electron chi connectivity index (χ0n) is 10.9. The third-order valence-corrected chi connectivity index (χ3v) is 2.57. The van der Waals surface area contributed by atoms with Crippen molar-refractivity contribution >= 4 is 5.82 Å². The largest absolute Gasteiger partial charge is 0.491 e. The predicted molar refractivity (Wildman–Crippen MR) is 74.6 cm³/mol. The molecule has 0 aliphatic heterocycles. The first-order valence-electron chi connectivity index (χ1n) is 6.04. The summed E-state index contributed by atoms with van der Waals surface area (Å²) in [5.74, 6) is 1.07. The van der Waals surface area contributed by atoms with Gasteiger partial charge in [0.2, 0.25) is 0 Å². The first-order chi connectivity index (χ1) is 9.10. The Bertz CT molecular complexity index is 612. The van der Waals surface area contributed by atoms with Crippen molar-refractivity contribution in [3.63, 3.8) is 0 Å². The molecule has 0 atom stereocenters. The molecule has 2 aromatic rings. The lowest BCUT2D eigenvalue weighted by Gasteiger charge is -2.10. The number of nitrogen functional groups attached to an aromatic ring is 1. The van der Waals surface area contributed by atoms with Gasteiger partial charge in [-0.2, -0.15) is 5.26 Å². The average Bonchev–Trinajstić information content (AvgIpc) is 2.39. The first-order valence-corrected chi connectivity index (χ1v) is 6.04. The summed E-state index contributed by atoms with van der Waals surface area (Å²) in [4.78, 5) is 4.22. The second kappa shape index (κ2) is 5.40. The fraction of sp³-hybridized carbons (Fsp3) is 0.200. The topological polar surface area (TPSA) is 71.9 Å². The lowest BCUT2D eigenvalue weighted by molar-refractivity contribution is 0.242. The standard InChI is InChI=1S/C15H15N3O/c1-10(2)19-13-6-3-11(4-7-13)14-8-5-12(9-16)15(17)18-14/h3-8,10H,1-2H3,(H2,17,18). The Hall–Kier alpha value is -2.54. The fourth-order valence-corrected chi connectivity index (χ4v) is 1.71. The number of ether oxygens (including phenoxy) is 1. The Labute approximate surface area is 112 Å². The molecule has 2 rings (SSSR count). The van der Waals surface area contributed by atoms with E-state index in [1.165, 1.54) is 0 Å². The molecule has 0 saturated carbocycles. The van der Waals surface area contributed by atoms with Gasteiger partial charge in [0.25, 0.3) is 0 Å². The lowest BCUT2D eigenvalue weighted by atomic mass is 10.1. The van der Waals surface area contributed by atoms with Crippen LogP contribution in [0, 0.1) is 11.3 Å². The van der Waals surface area contributed by atoms with Gasteiger partial charge in [-0.15, -0.1) is 0 Å². The summed E-state index contributed by atoms with van der Waals surface area (Å²) in [6.07, 6.45) is 0.148. The van der Waals surface area contributed by atoms with Gasteiger partial charge in [0.1, 0.15) is 17.6 Å². The van der Waals surface area contributed by atoms with Crippen molar-refractivity contribution in [1.82, 2.24) is 4.98 Å². The quantitative estimate of drug-likeness (QED) is 0.912. The van der Waals surface area contributed by atoms with Crippen LogP contribution in [-0.4, -0.2) is 11.1 Å². The third kappa shape index (κ3) is 3.02. The Kier molecular flexibility index (Phi) is 3.67. The zero-order chi connectivity index (χ0) is 13.8. The van der Waals surface area contributed by atoms with Gasteiger partial charge in [-0.3, -0.25) is 0 Å². The second-order valence-corrected chi connectivity index (χ2v) is 4.43. The van der Waals surface area contributed by atoms with Crippen molar-refractivity contribution in [3.8, 4) is 23.1 Å². The van der Waals surface area contributed by atoms with Crippen molar-refractivity contribution in [1.29, 1.82) is 5.26 Å². The Morgan fingerprint density at radius 3 is 2.37 bits per heavy atom. The molecule has 4 heteroatoms. The summed E-state index contributed by atoms with van der Waals surface area (Å²) in [7, 11) is 0. The van der Waals surface area contributed by atoms with Crippen LogP contribution in [0.1, 0.15) is 19.4 Å². The Morgan fingerprint density at radius 1 is 1.16 bits per heavy atom. The van der Waals surface area contributed by atoms with E-state index < -0.39 is 0 Å². The smallest absolute Gasteiger partial charge is 0.142 e. The van der Waals surface area contributed by atoms with Crippen LogP contribution in [0.4, 0.5) is 5.82 Å². The van der Waals surface area contributed by atoms with Crippen LogP contribution >= 0.6 is 0 Å². The van der Waals surface area contributed by atoms with Gasteiger partial charge >= 0.3 is 0 Å². The van der Waals surface area contributed by atoms with E-state index in [9.17, 15) is 0 Å². The lowest BCUT2D eigenvalue weighted by Crippen LogP contribution is -2.05. The van der Waals surface area contributed by atoms with E-state index in [0.717, 1.165) is 17.0 Å². The molecule has 0 bridgehead atoms. The minimum atomic E-state index is 0.148. The van der Waals surface area contributed by atoms with Crippen molar-refractivity contribution < 1.29 is 4.74 Å². The number of hydrogen-bond acceptors (Lipinski definition) is 4. The molecule has 0 fully saturated rings. The highest BCUT2D eigenvalue weighted by Crippen LogP contribution is 2.23. The molecule has 1 aromatic carbocycles. The number of nitrogens with zero attached hydrogens (tertiary/aromatic N) is 2. The fourth-order valence-electron chi connectivity index (χ4n) is 1.71. The maximum absolute atomic E-state index is 8.81. The molecule has 0 spiro atoms. The third-order valence-electron chi connectivity index (χ3n) is 2.57.